The molecule has 7 nitrogen and oxygen atoms in total. The summed E-state index contributed by atoms with van der Waals surface area (Å²) in [6, 6.07) is 8.43. The van der Waals surface area contributed by atoms with Crippen LogP contribution in [0, 0.1) is 10.1 Å². The van der Waals surface area contributed by atoms with E-state index in [9.17, 15) is 20.0 Å². The van der Waals surface area contributed by atoms with Gasteiger partial charge in [-0.2, -0.15) is 5.10 Å². The molecule has 0 aromatic heterocycles. The highest BCUT2D eigenvalue weighted by Crippen LogP contribution is 2.29. The standard InChI is InChI=1S/C15H11Cl2N3O4/c16-11-6-10(15(22)13(17)7-11)8-18-19-14(21)5-9-1-3-12(4-2-9)20(23)24/h1-4,6-8,22H,5H2,(H,19,21)/b18-8-. The molecule has 0 saturated heterocycles. The molecule has 0 spiro atoms. The summed E-state index contributed by atoms with van der Waals surface area (Å²) in [5, 5.41) is 24.4. The number of amides is 1. The summed E-state index contributed by atoms with van der Waals surface area (Å²) < 4.78 is 0. The van der Waals surface area contributed by atoms with E-state index in [2.05, 4.69) is 10.5 Å². The average Bonchev–Trinajstić information content (AvgIpc) is 2.52. The van der Waals surface area contributed by atoms with Gasteiger partial charge in [-0.05, 0) is 17.7 Å². The Morgan fingerprint density at radius 1 is 1.29 bits per heavy atom. The van der Waals surface area contributed by atoms with Crippen molar-refractivity contribution in [1.29, 1.82) is 0 Å². The Bertz CT molecular complexity index is 807. The average molecular weight is 368 g/mol. The van der Waals surface area contributed by atoms with Gasteiger partial charge in [0.2, 0.25) is 5.91 Å². The first-order valence-electron chi connectivity index (χ1n) is 6.60. The maximum atomic E-state index is 11.8. The fraction of sp³-hybridized carbons (Fsp3) is 0.0667. The van der Waals surface area contributed by atoms with E-state index in [0.29, 0.717) is 10.6 Å². The van der Waals surface area contributed by atoms with Crippen LogP contribution in [0.3, 0.4) is 0 Å². The lowest BCUT2D eigenvalue weighted by molar-refractivity contribution is -0.384. The summed E-state index contributed by atoms with van der Waals surface area (Å²) in [5.74, 6) is -0.623. The number of non-ortho nitro benzene ring substituents is 1. The summed E-state index contributed by atoms with van der Waals surface area (Å²) in [4.78, 5) is 21.8. The molecule has 0 aliphatic rings. The second kappa shape index (κ2) is 7.76. The molecule has 1 amide bonds. The molecule has 9 heteroatoms. The highest BCUT2D eigenvalue weighted by molar-refractivity contribution is 6.36. The predicted octanol–water partition coefficient (Wildman–Crippen LogP) is 3.30. The van der Waals surface area contributed by atoms with Crippen LogP contribution in [-0.4, -0.2) is 22.2 Å². The Kier molecular flexibility index (Phi) is 5.73. The van der Waals surface area contributed by atoms with E-state index in [4.69, 9.17) is 23.2 Å². The zero-order valence-electron chi connectivity index (χ0n) is 12.1. The van der Waals surface area contributed by atoms with Crippen LogP contribution in [0.2, 0.25) is 10.0 Å². The number of hydrogen-bond donors (Lipinski definition) is 2. The zero-order chi connectivity index (χ0) is 17.7. The number of hydrazone groups is 1. The number of nitrogens with zero attached hydrogens (tertiary/aromatic N) is 2. The van der Waals surface area contributed by atoms with Crippen molar-refractivity contribution < 1.29 is 14.8 Å². The number of carbonyl (C=O) groups is 1. The first-order valence-corrected chi connectivity index (χ1v) is 7.35. The van der Waals surface area contributed by atoms with Crippen LogP contribution in [0.25, 0.3) is 0 Å². The van der Waals surface area contributed by atoms with Crippen molar-refractivity contribution in [3.05, 3.63) is 67.7 Å². The van der Waals surface area contributed by atoms with Crippen molar-refractivity contribution in [2.24, 2.45) is 5.10 Å². The van der Waals surface area contributed by atoms with Crippen LogP contribution in [0.15, 0.2) is 41.5 Å². The van der Waals surface area contributed by atoms with Crippen LogP contribution >= 0.6 is 23.2 Å². The highest BCUT2D eigenvalue weighted by atomic mass is 35.5. The van der Waals surface area contributed by atoms with Crippen LogP contribution < -0.4 is 5.43 Å². The fourth-order valence-electron chi connectivity index (χ4n) is 1.82. The van der Waals surface area contributed by atoms with E-state index in [0.717, 1.165) is 0 Å². The molecule has 0 unspecified atom stereocenters. The van der Waals surface area contributed by atoms with E-state index in [1.54, 1.807) is 0 Å². The smallest absolute Gasteiger partial charge is 0.269 e. The third-order valence-corrected chi connectivity index (χ3v) is 3.47. The number of nitro groups is 1. The number of benzene rings is 2. The number of nitro benzene ring substituents is 1. The van der Waals surface area contributed by atoms with Crippen molar-refractivity contribution >= 4 is 41.0 Å². The number of carbonyl (C=O) groups excluding carboxylic acids is 1. The lowest BCUT2D eigenvalue weighted by atomic mass is 10.1. The van der Waals surface area contributed by atoms with Gasteiger partial charge >= 0.3 is 0 Å². The van der Waals surface area contributed by atoms with Crippen LogP contribution in [0.4, 0.5) is 5.69 Å². The van der Waals surface area contributed by atoms with Crippen LogP contribution in [0.5, 0.6) is 5.75 Å². The number of nitrogens with one attached hydrogen (secondary N) is 1. The van der Waals surface area contributed by atoms with Gasteiger partial charge in [-0.1, -0.05) is 35.3 Å². The number of aromatic hydroxyl groups is 1. The van der Waals surface area contributed by atoms with E-state index in [1.807, 2.05) is 0 Å². The quantitative estimate of drug-likeness (QED) is 0.480. The molecule has 2 aromatic rings. The number of hydrogen-bond acceptors (Lipinski definition) is 5. The van der Waals surface area contributed by atoms with Gasteiger partial charge in [0.1, 0.15) is 5.75 Å². The molecular weight excluding hydrogens is 357 g/mol. The van der Waals surface area contributed by atoms with Crippen molar-refractivity contribution in [3.8, 4) is 5.75 Å². The van der Waals surface area contributed by atoms with Gasteiger partial charge in [-0.3, -0.25) is 14.9 Å². The second-order valence-corrected chi connectivity index (χ2v) is 5.56. The lowest BCUT2D eigenvalue weighted by Crippen LogP contribution is -2.19. The molecule has 0 saturated carbocycles. The third kappa shape index (κ3) is 4.68. The third-order valence-electron chi connectivity index (χ3n) is 2.96. The Balaban J connectivity index is 1.97. The second-order valence-electron chi connectivity index (χ2n) is 4.72. The molecule has 0 radical (unpaired) electrons. The maximum Gasteiger partial charge on any atom is 0.269 e. The monoisotopic (exact) mass is 367 g/mol. The minimum Gasteiger partial charge on any atom is -0.506 e. The van der Waals surface area contributed by atoms with Crippen molar-refractivity contribution in [2.45, 2.75) is 6.42 Å². The molecule has 0 atom stereocenters. The first-order chi connectivity index (χ1) is 11.4. The van der Waals surface area contributed by atoms with E-state index >= 15 is 0 Å². The molecule has 2 aromatic carbocycles. The zero-order valence-corrected chi connectivity index (χ0v) is 13.6. The molecular formula is C15H11Cl2N3O4. The largest absolute Gasteiger partial charge is 0.506 e. The van der Waals surface area contributed by atoms with Crippen molar-refractivity contribution in [3.63, 3.8) is 0 Å². The molecule has 0 heterocycles. The van der Waals surface area contributed by atoms with Crippen LogP contribution in [-0.2, 0) is 11.2 Å². The number of phenols is 1. The summed E-state index contributed by atoms with van der Waals surface area (Å²) in [7, 11) is 0. The van der Waals surface area contributed by atoms with Gasteiger partial charge in [-0.25, -0.2) is 5.43 Å². The molecule has 2 N–H and O–H groups in total. The normalized spacial score (nSPS) is 10.8. The Morgan fingerprint density at radius 2 is 1.96 bits per heavy atom. The van der Waals surface area contributed by atoms with Crippen LogP contribution in [0.1, 0.15) is 11.1 Å². The summed E-state index contributed by atoms with van der Waals surface area (Å²) in [5.41, 5.74) is 3.08. The van der Waals surface area contributed by atoms with Gasteiger partial charge in [-0.15, -0.1) is 0 Å². The number of halogens is 2. The molecule has 0 fully saturated rings. The summed E-state index contributed by atoms with van der Waals surface area (Å²) in [6.45, 7) is 0. The summed E-state index contributed by atoms with van der Waals surface area (Å²) >= 11 is 11.6. The molecule has 24 heavy (non-hydrogen) atoms. The maximum absolute atomic E-state index is 11.8. The molecule has 0 aliphatic carbocycles. The highest BCUT2D eigenvalue weighted by Gasteiger charge is 2.08. The molecule has 0 bridgehead atoms. The van der Waals surface area contributed by atoms with Gasteiger partial charge in [0.15, 0.2) is 0 Å². The topological polar surface area (TPSA) is 105 Å². The first kappa shape index (κ1) is 17.7. The SMILES string of the molecule is O=C(Cc1ccc([N+](=O)[O-])cc1)N/N=C\c1cc(Cl)cc(Cl)c1O. The Hall–Kier alpha value is -2.64. The van der Waals surface area contributed by atoms with E-state index in [1.165, 1.54) is 42.6 Å². The summed E-state index contributed by atoms with van der Waals surface area (Å²) in [6.07, 6.45) is 1.21. The fourth-order valence-corrected chi connectivity index (χ4v) is 2.33. The lowest BCUT2D eigenvalue weighted by Gasteiger charge is -2.03. The van der Waals surface area contributed by atoms with E-state index < -0.39 is 10.8 Å². The van der Waals surface area contributed by atoms with E-state index in [-0.39, 0.29) is 28.4 Å². The van der Waals surface area contributed by atoms with Gasteiger partial charge < -0.3 is 5.11 Å². The molecule has 124 valence electrons. The molecule has 2 rings (SSSR count). The Labute approximate surface area is 146 Å². The van der Waals surface area contributed by atoms with Gasteiger partial charge in [0, 0.05) is 22.7 Å². The number of phenolic OH excluding ortho intramolecular Hbond substituents is 1. The van der Waals surface area contributed by atoms with Gasteiger partial charge in [0.25, 0.3) is 5.69 Å². The number of rotatable bonds is 5. The predicted molar refractivity (Wildman–Crippen MR) is 90.7 cm³/mol. The Morgan fingerprint density at radius 3 is 2.58 bits per heavy atom. The minimum atomic E-state index is -0.517. The van der Waals surface area contributed by atoms with Crippen molar-refractivity contribution in [1.82, 2.24) is 5.43 Å². The molecule has 0 aliphatic heterocycles. The van der Waals surface area contributed by atoms with Crippen molar-refractivity contribution in [2.75, 3.05) is 0 Å². The van der Waals surface area contributed by atoms with Gasteiger partial charge in [0.05, 0.1) is 22.6 Å². The minimum absolute atomic E-state index is 0.00236.